The summed E-state index contributed by atoms with van der Waals surface area (Å²) in [6.45, 7) is 4.16. The standard InChI is InChI=1S/C19H26N2O3/c1-2-6-18(22)20-12-14-7-5-10-21(13-14)19(23)17-11-15-8-3-4-9-16(15)24-17/h3-4,8-9,14,17H,2,5-7,10-13H2,1H3,(H,20,22)/t14-,17+/m1/s1. The van der Waals surface area contributed by atoms with E-state index in [0.29, 0.717) is 31.8 Å². The van der Waals surface area contributed by atoms with Gasteiger partial charge < -0.3 is 15.0 Å². The van der Waals surface area contributed by atoms with Crippen LogP contribution in [0.15, 0.2) is 24.3 Å². The molecule has 2 aliphatic rings. The largest absolute Gasteiger partial charge is 0.480 e. The number of para-hydroxylation sites is 1. The minimum Gasteiger partial charge on any atom is -0.480 e. The maximum atomic E-state index is 12.8. The molecule has 1 fully saturated rings. The van der Waals surface area contributed by atoms with Crippen LogP contribution < -0.4 is 10.1 Å². The number of nitrogens with one attached hydrogen (secondary N) is 1. The summed E-state index contributed by atoms with van der Waals surface area (Å²) in [7, 11) is 0. The van der Waals surface area contributed by atoms with E-state index in [1.807, 2.05) is 36.1 Å². The van der Waals surface area contributed by atoms with E-state index < -0.39 is 6.10 Å². The molecule has 1 saturated heterocycles. The minimum atomic E-state index is -0.393. The first-order chi connectivity index (χ1) is 11.7. The summed E-state index contributed by atoms with van der Waals surface area (Å²) in [5.74, 6) is 1.36. The number of rotatable bonds is 5. The fourth-order valence-electron chi connectivity index (χ4n) is 3.53. The van der Waals surface area contributed by atoms with Crippen molar-refractivity contribution < 1.29 is 14.3 Å². The second-order valence-electron chi connectivity index (χ2n) is 6.76. The summed E-state index contributed by atoms with van der Waals surface area (Å²) < 4.78 is 5.83. The van der Waals surface area contributed by atoms with Gasteiger partial charge in [0.1, 0.15) is 5.75 Å². The molecular weight excluding hydrogens is 304 g/mol. The zero-order valence-electron chi connectivity index (χ0n) is 14.3. The fraction of sp³-hybridized carbons (Fsp3) is 0.579. The summed E-state index contributed by atoms with van der Waals surface area (Å²) in [5.41, 5.74) is 1.11. The summed E-state index contributed by atoms with van der Waals surface area (Å²) in [6.07, 6.45) is 3.74. The Balaban J connectivity index is 1.52. The molecule has 0 saturated carbocycles. The molecular formula is C19H26N2O3. The zero-order chi connectivity index (χ0) is 16.9. The van der Waals surface area contributed by atoms with Crippen LogP contribution in [0.4, 0.5) is 0 Å². The molecule has 1 aromatic rings. The molecule has 130 valence electrons. The van der Waals surface area contributed by atoms with E-state index in [1.165, 1.54) is 0 Å². The number of fused-ring (bicyclic) bond motifs is 1. The summed E-state index contributed by atoms with van der Waals surface area (Å²) in [5, 5.41) is 2.99. The van der Waals surface area contributed by atoms with E-state index >= 15 is 0 Å². The predicted molar refractivity (Wildman–Crippen MR) is 91.8 cm³/mol. The zero-order valence-corrected chi connectivity index (χ0v) is 14.3. The van der Waals surface area contributed by atoms with Crippen molar-refractivity contribution in [3.63, 3.8) is 0 Å². The van der Waals surface area contributed by atoms with Gasteiger partial charge in [-0.05, 0) is 36.8 Å². The van der Waals surface area contributed by atoms with Gasteiger partial charge in [-0.25, -0.2) is 0 Å². The first kappa shape index (κ1) is 16.8. The molecule has 5 heteroatoms. The SMILES string of the molecule is CCCC(=O)NC[C@H]1CCCN(C(=O)[C@@H]2Cc3ccccc3O2)C1. The second kappa shape index (κ2) is 7.69. The summed E-state index contributed by atoms with van der Waals surface area (Å²) in [6, 6.07) is 7.85. The Hall–Kier alpha value is -2.04. The van der Waals surface area contributed by atoms with Gasteiger partial charge in [-0.1, -0.05) is 25.1 Å². The highest BCUT2D eigenvalue weighted by atomic mass is 16.5. The van der Waals surface area contributed by atoms with Crippen LogP contribution in [0.2, 0.25) is 0 Å². The lowest BCUT2D eigenvalue weighted by Crippen LogP contribution is -2.48. The van der Waals surface area contributed by atoms with Crippen LogP contribution in [-0.2, 0) is 16.0 Å². The molecule has 3 rings (SSSR count). The van der Waals surface area contributed by atoms with Gasteiger partial charge in [0, 0.05) is 32.5 Å². The highest BCUT2D eigenvalue weighted by Gasteiger charge is 2.34. The van der Waals surface area contributed by atoms with Crippen molar-refractivity contribution in [1.29, 1.82) is 0 Å². The first-order valence-corrected chi connectivity index (χ1v) is 8.97. The van der Waals surface area contributed by atoms with Crippen LogP contribution >= 0.6 is 0 Å². The van der Waals surface area contributed by atoms with E-state index in [9.17, 15) is 9.59 Å². The molecule has 0 bridgehead atoms. The molecule has 0 unspecified atom stereocenters. The molecule has 2 aliphatic heterocycles. The lowest BCUT2D eigenvalue weighted by molar-refractivity contribution is -0.139. The topological polar surface area (TPSA) is 58.6 Å². The predicted octanol–water partition coefficient (Wildman–Crippen LogP) is 2.14. The first-order valence-electron chi connectivity index (χ1n) is 8.97. The van der Waals surface area contributed by atoms with Crippen LogP contribution in [0.3, 0.4) is 0 Å². The third kappa shape index (κ3) is 3.89. The number of likely N-dealkylation sites (tertiary alicyclic amines) is 1. The van der Waals surface area contributed by atoms with Gasteiger partial charge in [0.2, 0.25) is 5.91 Å². The molecule has 0 spiro atoms. The Labute approximate surface area is 143 Å². The van der Waals surface area contributed by atoms with Crippen LogP contribution in [-0.4, -0.2) is 42.5 Å². The fourth-order valence-corrected chi connectivity index (χ4v) is 3.53. The van der Waals surface area contributed by atoms with Gasteiger partial charge in [0.05, 0.1) is 0 Å². The quantitative estimate of drug-likeness (QED) is 0.900. The lowest BCUT2D eigenvalue weighted by atomic mass is 9.97. The summed E-state index contributed by atoms with van der Waals surface area (Å²) >= 11 is 0. The van der Waals surface area contributed by atoms with Gasteiger partial charge in [0.25, 0.3) is 5.91 Å². The number of carbonyl (C=O) groups is 2. The van der Waals surface area contributed by atoms with Gasteiger partial charge in [-0.2, -0.15) is 0 Å². The van der Waals surface area contributed by atoms with E-state index in [1.54, 1.807) is 0 Å². The van der Waals surface area contributed by atoms with Crippen molar-refractivity contribution in [2.24, 2.45) is 5.92 Å². The molecule has 1 N–H and O–H groups in total. The average molecular weight is 330 g/mol. The van der Waals surface area contributed by atoms with E-state index in [-0.39, 0.29) is 11.8 Å². The van der Waals surface area contributed by atoms with Crippen molar-refractivity contribution >= 4 is 11.8 Å². The van der Waals surface area contributed by atoms with E-state index in [2.05, 4.69) is 5.32 Å². The molecule has 2 atom stereocenters. The normalized spacial score (nSPS) is 22.6. The van der Waals surface area contributed by atoms with Gasteiger partial charge in [-0.15, -0.1) is 0 Å². The Morgan fingerprint density at radius 2 is 2.17 bits per heavy atom. The molecule has 0 radical (unpaired) electrons. The van der Waals surface area contributed by atoms with Crippen molar-refractivity contribution in [3.8, 4) is 5.75 Å². The van der Waals surface area contributed by atoms with Crippen molar-refractivity contribution in [2.45, 2.75) is 45.1 Å². The Kier molecular flexibility index (Phi) is 5.38. The van der Waals surface area contributed by atoms with Gasteiger partial charge >= 0.3 is 0 Å². The number of amides is 2. The smallest absolute Gasteiger partial charge is 0.264 e. The highest BCUT2D eigenvalue weighted by Crippen LogP contribution is 2.29. The lowest BCUT2D eigenvalue weighted by Gasteiger charge is -2.34. The third-order valence-corrected chi connectivity index (χ3v) is 4.82. The average Bonchev–Trinajstić information content (AvgIpc) is 3.04. The Morgan fingerprint density at radius 3 is 2.96 bits per heavy atom. The molecule has 0 aliphatic carbocycles. The van der Waals surface area contributed by atoms with E-state index in [4.69, 9.17) is 4.74 Å². The number of nitrogens with zero attached hydrogens (tertiary/aromatic N) is 1. The monoisotopic (exact) mass is 330 g/mol. The number of ether oxygens (including phenoxy) is 1. The maximum absolute atomic E-state index is 12.8. The number of piperidine rings is 1. The number of hydrogen-bond donors (Lipinski definition) is 1. The molecule has 5 nitrogen and oxygen atoms in total. The van der Waals surface area contributed by atoms with E-state index in [0.717, 1.165) is 37.1 Å². The van der Waals surface area contributed by atoms with Crippen molar-refractivity contribution in [1.82, 2.24) is 10.2 Å². The van der Waals surface area contributed by atoms with Crippen LogP contribution in [0.5, 0.6) is 5.75 Å². The Bertz CT molecular complexity index is 577. The number of hydrogen-bond acceptors (Lipinski definition) is 3. The molecule has 0 aromatic heterocycles. The molecule has 1 aromatic carbocycles. The number of benzene rings is 1. The minimum absolute atomic E-state index is 0.0794. The molecule has 2 heterocycles. The van der Waals surface area contributed by atoms with Gasteiger partial charge in [-0.3, -0.25) is 9.59 Å². The highest BCUT2D eigenvalue weighted by molar-refractivity contribution is 5.82. The number of carbonyl (C=O) groups excluding carboxylic acids is 2. The maximum Gasteiger partial charge on any atom is 0.264 e. The van der Waals surface area contributed by atoms with Crippen LogP contribution in [0, 0.1) is 5.92 Å². The molecule has 24 heavy (non-hydrogen) atoms. The van der Waals surface area contributed by atoms with Crippen LogP contribution in [0.1, 0.15) is 38.2 Å². The Morgan fingerprint density at radius 1 is 1.33 bits per heavy atom. The summed E-state index contributed by atoms with van der Waals surface area (Å²) in [4.78, 5) is 26.3. The van der Waals surface area contributed by atoms with Gasteiger partial charge in [0.15, 0.2) is 6.10 Å². The van der Waals surface area contributed by atoms with Crippen molar-refractivity contribution in [3.05, 3.63) is 29.8 Å². The molecule has 2 amide bonds. The third-order valence-electron chi connectivity index (χ3n) is 4.82. The van der Waals surface area contributed by atoms with Crippen LogP contribution in [0.25, 0.3) is 0 Å². The second-order valence-corrected chi connectivity index (χ2v) is 6.76. The van der Waals surface area contributed by atoms with Crippen molar-refractivity contribution in [2.75, 3.05) is 19.6 Å².